The molecule has 0 fully saturated rings. The highest BCUT2D eigenvalue weighted by atomic mass is 16.5. The predicted molar refractivity (Wildman–Crippen MR) is 98.4 cm³/mol. The number of hydrogen-bond acceptors (Lipinski definition) is 6. The third-order valence-corrected chi connectivity index (χ3v) is 4.17. The van der Waals surface area contributed by atoms with Gasteiger partial charge in [0, 0.05) is 13.0 Å². The van der Waals surface area contributed by atoms with Crippen LogP contribution in [0.2, 0.25) is 0 Å². The molecule has 1 heterocycles. The molecule has 0 saturated carbocycles. The van der Waals surface area contributed by atoms with Crippen molar-refractivity contribution in [2.45, 2.75) is 19.0 Å². The van der Waals surface area contributed by atoms with E-state index in [-0.39, 0.29) is 5.91 Å². The number of carbonyl (C=O) groups excluding carboxylic acids is 1. The second-order valence-electron chi connectivity index (χ2n) is 5.90. The van der Waals surface area contributed by atoms with Crippen LogP contribution in [0.5, 0.6) is 11.5 Å². The average Bonchev–Trinajstić information content (AvgIpc) is 3.25. The second kappa shape index (κ2) is 8.79. The van der Waals surface area contributed by atoms with E-state index in [2.05, 4.69) is 20.8 Å². The molecule has 0 aliphatic rings. The van der Waals surface area contributed by atoms with Crippen LogP contribution in [0.4, 0.5) is 0 Å². The van der Waals surface area contributed by atoms with Crippen LogP contribution < -0.4 is 14.8 Å². The molecule has 1 amide bonds. The van der Waals surface area contributed by atoms with Crippen molar-refractivity contribution in [2.75, 3.05) is 14.2 Å². The minimum Gasteiger partial charge on any atom is -0.493 e. The smallest absolute Gasteiger partial charge is 0.245 e. The fourth-order valence-electron chi connectivity index (χ4n) is 2.75. The summed E-state index contributed by atoms with van der Waals surface area (Å²) in [4.78, 5) is 12.8. The van der Waals surface area contributed by atoms with Crippen molar-refractivity contribution in [3.63, 3.8) is 0 Å². The molecule has 8 nitrogen and oxygen atoms in total. The van der Waals surface area contributed by atoms with Gasteiger partial charge in [0.25, 0.3) is 0 Å². The lowest BCUT2D eigenvalue weighted by atomic mass is 10.1. The number of aromatic nitrogens is 4. The van der Waals surface area contributed by atoms with Gasteiger partial charge in [-0.05, 0) is 33.7 Å². The molecule has 1 aromatic heterocycles. The number of hydrogen-bond donors (Lipinski definition) is 1. The summed E-state index contributed by atoms with van der Waals surface area (Å²) in [5.41, 5.74) is 1.93. The highest BCUT2D eigenvalue weighted by Gasteiger charge is 2.22. The number of carbonyl (C=O) groups is 1. The van der Waals surface area contributed by atoms with Gasteiger partial charge < -0.3 is 14.8 Å². The van der Waals surface area contributed by atoms with Gasteiger partial charge in [-0.2, -0.15) is 0 Å². The van der Waals surface area contributed by atoms with Crippen LogP contribution in [-0.2, 0) is 17.8 Å². The van der Waals surface area contributed by atoms with Crippen molar-refractivity contribution < 1.29 is 14.3 Å². The first-order valence-electron chi connectivity index (χ1n) is 8.46. The number of methoxy groups -OCH3 is 2. The molecule has 0 aliphatic heterocycles. The van der Waals surface area contributed by atoms with Crippen molar-refractivity contribution in [2.24, 2.45) is 0 Å². The molecular formula is C19H21N5O3. The molecular weight excluding hydrogens is 346 g/mol. The largest absolute Gasteiger partial charge is 0.493 e. The van der Waals surface area contributed by atoms with Gasteiger partial charge in [0.15, 0.2) is 11.5 Å². The average molecular weight is 367 g/mol. The number of nitrogens with zero attached hydrogens (tertiary/aromatic N) is 4. The Morgan fingerprint density at radius 1 is 1.07 bits per heavy atom. The molecule has 0 saturated heterocycles. The number of amides is 1. The topological polar surface area (TPSA) is 91.2 Å². The monoisotopic (exact) mass is 367 g/mol. The number of nitrogens with one attached hydrogen (secondary N) is 1. The molecule has 0 radical (unpaired) electrons. The van der Waals surface area contributed by atoms with Crippen LogP contribution in [0.3, 0.4) is 0 Å². The van der Waals surface area contributed by atoms with Crippen LogP contribution in [0.1, 0.15) is 17.2 Å². The van der Waals surface area contributed by atoms with Crippen LogP contribution in [0.15, 0.2) is 54.9 Å². The van der Waals surface area contributed by atoms with E-state index in [1.165, 1.54) is 11.0 Å². The Bertz CT molecular complexity index is 868. The summed E-state index contributed by atoms with van der Waals surface area (Å²) < 4.78 is 12.0. The number of benzene rings is 2. The summed E-state index contributed by atoms with van der Waals surface area (Å²) in [6, 6.07) is 14.7. The van der Waals surface area contributed by atoms with Crippen LogP contribution in [-0.4, -0.2) is 40.3 Å². The fraction of sp³-hybridized carbons (Fsp3) is 0.263. The van der Waals surface area contributed by atoms with Crippen molar-refractivity contribution in [1.82, 2.24) is 25.5 Å². The summed E-state index contributed by atoms with van der Waals surface area (Å²) >= 11 is 0. The van der Waals surface area contributed by atoms with E-state index in [9.17, 15) is 4.79 Å². The van der Waals surface area contributed by atoms with Crippen LogP contribution in [0.25, 0.3) is 0 Å². The molecule has 8 heteroatoms. The maximum absolute atomic E-state index is 12.8. The number of rotatable bonds is 8. The lowest BCUT2D eigenvalue weighted by molar-refractivity contribution is -0.124. The summed E-state index contributed by atoms with van der Waals surface area (Å²) in [7, 11) is 3.16. The first-order valence-corrected chi connectivity index (χ1v) is 8.46. The highest BCUT2D eigenvalue weighted by molar-refractivity contribution is 5.80. The molecule has 1 N–H and O–H groups in total. The Morgan fingerprint density at radius 2 is 1.85 bits per heavy atom. The highest BCUT2D eigenvalue weighted by Crippen LogP contribution is 2.27. The first-order chi connectivity index (χ1) is 13.2. The quantitative estimate of drug-likeness (QED) is 0.653. The van der Waals surface area contributed by atoms with E-state index < -0.39 is 6.04 Å². The minimum absolute atomic E-state index is 0.166. The summed E-state index contributed by atoms with van der Waals surface area (Å²) in [5.74, 6) is 1.09. The Kier molecular flexibility index (Phi) is 5.98. The van der Waals surface area contributed by atoms with E-state index in [0.717, 1.165) is 11.1 Å². The van der Waals surface area contributed by atoms with Crippen molar-refractivity contribution in [3.8, 4) is 11.5 Å². The van der Waals surface area contributed by atoms with E-state index in [4.69, 9.17) is 9.47 Å². The van der Waals surface area contributed by atoms with E-state index in [1.807, 2.05) is 48.5 Å². The van der Waals surface area contributed by atoms with Gasteiger partial charge in [-0.3, -0.25) is 4.79 Å². The Hall–Kier alpha value is -3.42. The molecule has 3 rings (SSSR count). The Labute approximate surface area is 157 Å². The van der Waals surface area contributed by atoms with Crippen molar-refractivity contribution >= 4 is 5.91 Å². The lowest BCUT2D eigenvalue weighted by Crippen LogP contribution is -2.34. The molecule has 140 valence electrons. The maximum atomic E-state index is 12.8. The lowest BCUT2D eigenvalue weighted by Gasteiger charge is -2.17. The van der Waals surface area contributed by atoms with Gasteiger partial charge in [0.1, 0.15) is 12.4 Å². The summed E-state index contributed by atoms with van der Waals surface area (Å²) in [6.45, 7) is 0.354. The molecule has 27 heavy (non-hydrogen) atoms. The summed E-state index contributed by atoms with van der Waals surface area (Å²) in [5, 5.41) is 14.1. The molecule has 1 atom stereocenters. The maximum Gasteiger partial charge on any atom is 0.245 e. The van der Waals surface area contributed by atoms with Crippen LogP contribution >= 0.6 is 0 Å². The van der Waals surface area contributed by atoms with Gasteiger partial charge in [-0.1, -0.05) is 36.4 Å². The van der Waals surface area contributed by atoms with Crippen molar-refractivity contribution in [3.05, 3.63) is 66.0 Å². The SMILES string of the molecule is COc1ccc(CNC(=O)C(Cc2ccccc2)n2cnnn2)cc1OC. The molecule has 2 aromatic carbocycles. The van der Waals surface area contributed by atoms with Crippen LogP contribution in [0, 0.1) is 0 Å². The number of ether oxygens (including phenoxy) is 2. The van der Waals surface area contributed by atoms with Gasteiger partial charge in [-0.25, -0.2) is 4.68 Å². The molecule has 0 aliphatic carbocycles. The zero-order chi connectivity index (χ0) is 19.1. The van der Waals surface area contributed by atoms with E-state index in [1.54, 1.807) is 14.2 Å². The predicted octanol–water partition coefficient (Wildman–Crippen LogP) is 1.79. The third-order valence-electron chi connectivity index (χ3n) is 4.17. The zero-order valence-electron chi connectivity index (χ0n) is 15.2. The Balaban J connectivity index is 1.71. The van der Waals surface area contributed by atoms with Crippen molar-refractivity contribution in [1.29, 1.82) is 0 Å². The molecule has 3 aromatic rings. The molecule has 1 unspecified atom stereocenters. The zero-order valence-corrected chi connectivity index (χ0v) is 15.2. The Morgan fingerprint density at radius 3 is 2.52 bits per heavy atom. The van der Waals surface area contributed by atoms with Gasteiger partial charge >= 0.3 is 0 Å². The van der Waals surface area contributed by atoms with Gasteiger partial charge in [0.2, 0.25) is 5.91 Å². The third kappa shape index (κ3) is 4.60. The number of tetrazole rings is 1. The minimum atomic E-state index is -0.539. The molecule has 0 spiro atoms. The molecule has 0 bridgehead atoms. The van der Waals surface area contributed by atoms with E-state index >= 15 is 0 Å². The summed E-state index contributed by atoms with van der Waals surface area (Å²) in [6.07, 6.45) is 1.94. The van der Waals surface area contributed by atoms with E-state index in [0.29, 0.717) is 24.5 Å². The van der Waals surface area contributed by atoms with Gasteiger partial charge in [0.05, 0.1) is 14.2 Å². The standard InChI is InChI=1S/C19H21N5O3/c1-26-17-9-8-15(11-18(17)27-2)12-20-19(25)16(24-13-21-22-23-24)10-14-6-4-3-5-7-14/h3-9,11,13,16H,10,12H2,1-2H3,(H,20,25). The van der Waals surface area contributed by atoms with Gasteiger partial charge in [-0.15, -0.1) is 5.10 Å². The first kappa shape index (κ1) is 18.4. The fourth-order valence-corrected chi connectivity index (χ4v) is 2.75. The normalized spacial score (nSPS) is 11.6. The second-order valence-corrected chi connectivity index (χ2v) is 5.90.